The minimum atomic E-state index is 0.572. The molecule has 3 heterocycles. The molecule has 118 valence electrons. The third-order valence-electron chi connectivity index (χ3n) is 3.68. The Hall–Kier alpha value is -2.31. The first-order valence-corrected chi connectivity index (χ1v) is 7.79. The summed E-state index contributed by atoms with van der Waals surface area (Å²) in [5.74, 6) is 2.95. The lowest BCUT2D eigenvalue weighted by molar-refractivity contribution is 0.338. The van der Waals surface area contributed by atoms with Gasteiger partial charge in [-0.15, -0.1) is 0 Å². The molecule has 3 rings (SSSR count). The van der Waals surface area contributed by atoms with E-state index in [1.54, 1.807) is 6.33 Å². The molecule has 0 aliphatic carbocycles. The molecule has 2 N–H and O–H groups in total. The molecule has 0 amide bonds. The Kier molecular flexibility index (Phi) is 4.41. The van der Waals surface area contributed by atoms with E-state index in [1.807, 2.05) is 19.9 Å². The molecule has 0 unspecified atom stereocenters. The van der Waals surface area contributed by atoms with Crippen molar-refractivity contribution < 1.29 is 4.74 Å². The van der Waals surface area contributed by atoms with Gasteiger partial charge in [-0.3, -0.25) is 5.10 Å². The van der Waals surface area contributed by atoms with E-state index in [9.17, 15) is 0 Å². The minimum Gasteiger partial charge on any atom is -0.487 e. The van der Waals surface area contributed by atoms with Crippen LogP contribution in [0.2, 0.25) is 0 Å². The second kappa shape index (κ2) is 6.64. The highest BCUT2D eigenvalue weighted by Crippen LogP contribution is 2.35. The fourth-order valence-electron chi connectivity index (χ4n) is 2.67. The van der Waals surface area contributed by atoms with Crippen molar-refractivity contribution in [2.75, 3.05) is 29.9 Å². The van der Waals surface area contributed by atoms with Crippen molar-refractivity contribution in [3.8, 4) is 5.75 Å². The van der Waals surface area contributed by atoms with Crippen LogP contribution in [0.3, 0.4) is 0 Å². The largest absolute Gasteiger partial charge is 0.487 e. The third-order valence-corrected chi connectivity index (χ3v) is 3.68. The summed E-state index contributed by atoms with van der Waals surface area (Å²) in [7, 11) is 0. The lowest BCUT2D eigenvalue weighted by atomic mass is 10.1. The number of aryl methyl sites for hydroxylation is 1. The highest BCUT2D eigenvalue weighted by Gasteiger charge is 2.20. The van der Waals surface area contributed by atoms with Gasteiger partial charge in [0.05, 0.1) is 6.61 Å². The van der Waals surface area contributed by atoms with E-state index in [0.29, 0.717) is 18.2 Å². The first-order chi connectivity index (χ1) is 10.8. The van der Waals surface area contributed by atoms with Gasteiger partial charge in [0.1, 0.15) is 6.33 Å². The molecule has 0 saturated carbocycles. The summed E-state index contributed by atoms with van der Waals surface area (Å²) in [5, 5.41) is 10.3. The van der Waals surface area contributed by atoms with Crippen molar-refractivity contribution in [3.63, 3.8) is 0 Å². The average Bonchev–Trinajstić information content (AvgIpc) is 2.95. The molecule has 0 radical (unpaired) electrons. The van der Waals surface area contributed by atoms with Crippen LogP contribution >= 0.6 is 0 Å². The molecule has 0 spiro atoms. The van der Waals surface area contributed by atoms with Gasteiger partial charge in [0.15, 0.2) is 17.5 Å². The van der Waals surface area contributed by atoms with Crippen molar-refractivity contribution in [2.24, 2.45) is 0 Å². The van der Waals surface area contributed by atoms with Crippen LogP contribution in [-0.2, 0) is 0 Å². The lowest BCUT2D eigenvalue weighted by Crippen LogP contribution is -2.30. The highest BCUT2D eigenvalue weighted by molar-refractivity contribution is 5.68. The van der Waals surface area contributed by atoms with E-state index in [4.69, 9.17) is 4.74 Å². The highest BCUT2D eigenvalue weighted by atomic mass is 16.5. The predicted octanol–water partition coefficient (Wildman–Crippen LogP) is 2.64. The zero-order valence-electron chi connectivity index (χ0n) is 13.1. The standard InChI is InChI=1S/C15H22N6O/c1-3-22-13-14(18-12-9-11(2)19-20-12)16-10-17-15(13)21-7-5-4-6-8-21/h9-10H,3-8H2,1-2H3,(H2,16,17,18,19,20). The molecule has 2 aromatic heterocycles. The Morgan fingerprint density at radius 1 is 1.27 bits per heavy atom. The monoisotopic (exact) mass is 302 g/mol. The predicted molar refractivity (Wildman–Crippen MR) is 85.9 cm³/mol. The average molecular weight is 302 g/mol. The number of anilines is 3. The second-order valence-corrected chi connectivity index (χ2v) is 5.42. The van der Waals surface area contributed by atoms with Crippen molar-refractivity contribution in [1.82, 2.24) is 20.2 Å². The van der Waals surface area contributed by atoms with Gasteiger partial charge < -0.3 is 15.0 Å². The molecular formula is C15H22N6O. The van der Waals surface area contributed by atoms with E-state index in [-0.39, 0.29) is 0 Å². The number of piperidine rings is 1. The second-order valence-electron chi connectivity index (χ2n) is 5.42. The van der Waals surface area contributed by atoms with Crippen LogP contribution in [0.15, 0.2) is 12.4 Å². The molecule has 1 aliphatic heterocycles. The fourth-order valence-corrected chi connectivity index (χ4v) is 2.67. The number of aromatic nitrogens is 4. The molecule has 2 aromatic rings. The van der Waals surface area contributed by atoms with Gasteiger partial charge in [-0.25, -0.2) is 9.97 Å². The summed E-state index contributed by atoms with van der Waals surface area (Å²) >= 11 is 0. The Morgan fingerprint density at radius 3 is 2.77 bits per heavy atom. The first kappa shape index (κ1) is 14.6. The normalized spacial score (nSPS) is 14.9. The number of aromatic amines is 1. The van der Waals surface area contributed by atoms with E-state index >= 15 is 0 Å². The number of hydrogen-bond acceptors (Lipinski definition) is 6. The summed E-state index contributed by atoms with van der Waals surface area (Å²) in [4.78, 5) is 11.1. The van der Waals surface area contributed by atoms with Crippen molar-refractivity contribution >= 4 is 17.5 Å². The first-order valence-electron chi connectivity index (χ1n) is 7.79. The lowest BCUT2D eigenvalue weighted by Gasteiger charge is -2.29. The number of nitrogens with zero attached hydrogens (tertiary/aromatic N) is 4. The van der Waals surface area contributed by atoms with Gasteiger partial charge in [-0.2, -0.15) is 5.10 Å². The van der Waals surface area contributed by atoms with Gasteiger partial charge in [0, 0.05) is 24.8 Å². The number of rotatable bonds is 5. The number of ether oxygens (including phenoxy) is 1. The Labute approximate surface area is 130 Å². The van der Waals surface area contributed by atoms with E-state index in [2.05, 4.69) is 30.4 Å². The van der Waals surface area contributed by atoms with Crippen LogP contribution < -0.4 is 15.0 Å². The third kappa shape index (κ3) is 3.13. The summed E-state index contributed by atoms with van der Waals surface area (Å²) < 4.78 is 5.83. The molecular weight excluding hydrogens is 280 g/mol. The van der Waals surface area contributed by atoms with Crippen molar-refractivity contribution in [1.29, 1.82) is 0 Å². The molecule has 1 fully saturated rings. The van der Waals surface area contributed by atoms with E-state index in [1.165, 1.54) is 19.3 Å². The smallest absolute Gasteiger partial charge is 0.204 e. The van der Waals surface area contributed by atoms with E-state index < -0.39 is 0 Å². The maximum Gasteiger partial charge on any atom is 0.204 e. The van der Waals surface area contributed by atoms with E-state index in [0.717, 1.165) is 30.4 Å². The fraction of sp³-hybridized carbons (Fsp3) is 0.533. The van der Waals surface area contributed by atoms with Crippen LogP contribution in [0.1, 0.15) is 31.9 Å². The zero-order valence-corrected chi connectivity index (χ0v) is 13.1. The quantitative estimate of drug-likeness (QED) is 0.884. The molecule has 0 atom stereocenters. The molecule has 1 aliphatic rings. The number of H-pyrrole nitrogens is 1. The summed E-state index contributed by atoms with van der Waals surface area (Å²) in [6.07, 6.45) is 5.24. The Morgan fingerprint density at radius 2 is 2.09 bits per heavy atom. The SMILES string of the molecule is CCOc1c(Nc2cc(C)[nH]n2)ncnc1N1CCCCC1. The number of hydrogen-bond donors (Lipinski definition) is 2. The molecule has 0 bridgehead atoms. The van der Waals surface area contributed by atoms with Gasteiger partial charge in [0.2, 0.25) is 5.75 Å². The maximum atomic E-state index is 5.83. The summed E-state index contributed by atoms with van der Waals surface area (Å²) in [5.41, 5.74) is 0.991. The molecule has 22 heavy (non-hydrogen) atoms. The van der Waals surface area contributed by atoms with Crippen molar-refractivity contribution in [2.45, 2.75) is 33.1 Å². The van der Waals surface area contributed by atoms with Crippen molar-refractivity contribution in [3.05, 3.63) is 18.1 Å². The molecule has 1 saturated heterocycles. The summed E-state index contributed by atoms with van der Waals surface area (Å²) in [6, 6.07) is 1.93. The topological polar surface area (TPSA) is 79.0 Å². The van der Waals surface area contributed by atoms with Gasteiger partial charge in [-0.05, 0) is 33.1 Å². The van der Waals surface area contributed by atoms with Gasteiger partial charge in [0.25, 0.3) is 0 Å². The van der Waals surface area contributed by atoms with Crippen LogP contribution in [0.25, 0.3) is 0 Å². The maximum absolute atomic E-state index is 5.83. The summed E-state index contributed by atoms with van der Waals surface area (Å²) in [6.45, 7) is 6.52. The van der Waals surface area contributed by atoms with Crippen LogP contribution in [-0.4, -0.2) is 39.9 Å². The Bertz CT molecular complexity index is 620. The van der Waals surface area contributed by atoms with Gasteiger partial charge >= 0.3 is 0 Å². The molecule has 7 nitrogen and oxygen atoms in total. The van der Waals surface area contributed by atoms with Gasteiger partial charge in [-0.1, -0.05) is 0 Å². The Balaban J connectivity index is 1.91. The minimum absolute atomic E-state index is 0.572. The molecule has 0 aromatic carbocycles. The zero-order chi connectivity index (χ0) is 15.4. The number of nitrogens with one attached hydrogen (secondary N) is 2. The van der Waals surface area contributed by atoms with Crippen LogP contribution in [0.4, 0.5) is 17.5 Å². The molecule has 7 heteroatoms. The van der Waals surface area contributed by atoms with Crippen LogP contribution in [0.5, 0.6) is 5.75 Å². The van der Waals surface area contributed by atoms with Crippen LogP contribution in [0, 0.1) is 6.92 Å².